The lowest BCUT2D eigenvalue weighted by Crippen LogP contribution is -2.23. The largest absolute Gasteiger partial charge is 0.382 e. The smallest absolute Gasteiger partial charge is 0.147 e. The maximum atomic E-state index is 8.93. The van der Waals surface area contributed by atoms with Crippen molar-refractivity contribution in [2.45, 2.75) is 45.1 Å². The molecule has 0 aromatic heterocycles. The Labute approximate surface area is 122 Å². The van der Waals surface area contributed by atoms with Crippen LogP contribution in [0.25, 0.3) is 0 Å². The summed E-state index contributed by atoms with van der Waals surface area (Å²) in [6.45, 7) is 3.61. The van der Waals surface area contributed by atoms with Crippen molar-refractivity contribution in [3.8, 4) is 6.07 Å². The van der Waals surface area contributed by atoms with Crippen LogP contribution in [0.1, 0.15) is 39.0 Å². The van der Waals surface area contributed by atoms with Gasteiger partial charge in [0.05, 0.1) is 25.4 Å². The van der Waals surface area contributed by atoms with E-state index >= 15 is 0 Å². The Morgan fingerprint density at radius 3 is 2.80 bits per heavy atom. The van der Waals surface area contributed by atoms with E-state index in [1.54, 1.807) is 7.11 Å². The minimum Gasteiger partial charge on any atom is -0.382 e. The van der Waals surface area contributed by atoms with Crippen LogP contribution >= 0.6 is 0 Å². The van der Waals surface area contributed by atoms with Crippen molar-refractivity contribution < 1.29 is 14.2 Å². The highest BCUT2D eigenvalue weighted by Crippen LogP contribution is 2.38. The number of allylic oxidation sites excluding steroid dienone is 2. The Morgan fingerprint density at radius 2 is 2.10 bits per heavy atom. The molecule has 0 unspecified atom stereocenters. The molecule has 0 radical (unpaired) electrons. The second-order valence-electron chi connectivity index (χ2n) is 5.20. The van der Waals surface area contributed by atoms with Crippen LogP contribution in [0.3, 0.4) is 0 Å². The molecule has 1 fully saturated rings. The molecule has 114 valence electrons. The summed E-state index contributed by atoms with van der Waals surface area (Å²) in [5.41, 5.74) is 0. The first-order valence-electron chi connectivity index (χ1n) is 7.53. The predicted molar refractivity (Wildman–Crippen MR) is 78.1 cm³/mol. The average molecular weight is 281 g/mol. The maximum Gasteiger partial charge on any atom is 0.147 e. The van der Waals surface area contributed by atoms with Gasteiger partial charge >= 0.3 is 0 Å². The van der Waals surface area contributed by atoms with Crippen LogP contribution in [0, 0.1) is 23.2 Å². The number of ether oxygens (including phenoxy) is 3. The van der Waals surface area contributed by atoms with E-state index in [0.717, 1.165) is 25.7 Å². The highest BCUT2D eigenvalue weighted by molar-refractivity contribution is 4.95. The number of methoxy groups -OCH3 is 1. The molecule has 4 nitrogen and oxygen atoms in total. The van der Waals surface area contributed by atoms with Crippen LogP contribution in [0.4, 0.5) is 0 Å². The van der Waals surface area contributed by atoms with Gasteiger partial charge in [0.2, 0.25) is 0 Å². The van der Waals surface area contributed by atoms with E-state index in [-0.39, 0.29) is 6.10 Å². The van der Waals surface area contributed by atoms with Crippen LogP contribution in [-0.4, -0.2) is 33.2 Å². The van der Waals surface area contributed by atoms with Crippen LogP contribution < -0.4 is 0 Å². The average Bonchev–Trinajstić information content (AvgIpc) is 2.82. The molecule has 1 rings (SSSR count). The lowest BCUT2D eigenvalue weighted by molar-refractivity contribution is -0.108. The summed E-state index contributed by atoms with van der Waals surface area (Å²) in [6, 6.07) is 2.31. The summed E-state index contributed by atoms with van der Waals surface area (Å²) >= 11 is 0. The Morgan fingerprint density at radius 1 is 1.25 bits per heavy atom. The minimum atomic E-state index is 0.220. The molecule has 1 saturated carbocycles. The van der Waals surface area contributed by atoms with Crippen LogP contribution in [0.15, 0.2) is 12.2 Å². The van der Waals surface area contributed by atoms with Crippen molar-refractivity contribution in [3.63, 3.8) is 0 Å². The van der Waals surface area contributed by atoms with Gasteiger partial charge in [0, 0.05) is 13.5 Å². The molecule has 0 bridgehead atoms. The number of nitriles is 1. The Hall–Kier alpha value is -0.890. The monoisotopic (exact) mass is 281 g/mol. The van der Waals surface area contributed by atoms with Crippen molar-refractivity contribution in [1.29, 1.82) is 5.26 Å². The molecule has 0 heterocycles. The van der Waals surface area contributed by atoms with Crippen LogP contribution in [0.2, 0.25) is 0 Å². The normalized spacial score (nSPS) is 26.1. The zero-order valence-electron chi connectivity index (χ0n) is 12.7. The standard InChI is InChI=1S/C16H27NO3/c1-3-4-5-6-15-14(9-10-17)7-8-16(15)20-13-19-12-11-18-2/h4-5,14-16H,3,6-9,11-13H2,1-2H3/b5-4-/t14-,15+,16-/m0/s1. The first-order chi connectivity index (χ1) is 9.83. The van der Waals surface area contributed by atoms with E-state index in [4.69, 9.17) is 19.5 Å². The van der Waals surface area contributed by atoms with Crippen molar-refractivity contribution in [3.05, 3.63) is 12.2 Å². The molecule has 3 atom stereocenters. The number of nitrogens with zero attached hydrogens (tertiary/aromatic N) is 1. The molecule has 1 aliphatic rings. The Balaban J connectivity index is 2.38. The van der Waals surface area contributed by atoms with Gasteiger partial charge < -0.3 is 14.2 Å². The fourth-order valence-electron chi connectivity index (χ4n) is 2.79. The van der Waals surface area contributed by atoms with Crippen LogP contribution in [-0.2, 0) is 14.2 Å². The summed E-state index contributed by atoms with van der Waals surface area (Å²) < 4.78 is 16.1. The molecule has 0 amide bonds. The molecule has 0 saturated heterocycles. The van der Waals surface area contributed by atoms with E-state index in [0.29, 0.717) is 38.3 Å². The number of hydrogen-bond acceptors (Lipinski definition) is 4. The topological polar surface area (TPSA) is 51.5 Å². The molecule has 1 aliphatic carbocycles. The summed E-state index contributed by atoms with van der Waals surface area (Å²) in [5.74, 6) is 0.911. The van der Waals surface area contributed by atoms with Gasteiger partial charge in [-0.3, -0.25) is 0 Å². The number of hydrogen-bond donors (Lipinski definition) is 0. The Bertz CT molecular complexity index is 311. The van der Waals surface area contributed by atoms with E-state index in [1.165, 1.54) is 0 Å². The third kappa shape index (κ3) is 6.04. The summed E-state index contributed by atoms with van der Waals surface area (Å²) in [4.78, 5) is 0. The van der Waals surface area contributed by atoms with E-state index in [2.05, 4.69) is 25.1 Å². The molecule has 0 spiro atoms. The second-order valence-corrected chi connectivity index (χ2v) is 5.20. The van der Waals surface area contributed by atoms with Gasteiger partial charge in [-0.05, 0) is 37.5 Å². The van der Waals surface area contributed by atoms with Gasteiger partial charge in [-0.1, -0.05) is 19.1 Å². The zero-order valence-corrected chi connectivity index (χ0v) is 12.7. The highest BCUT2D eigenvalue weighted by Gasteiger charge is 2.35. The molecule has 0 aromatic rings. The third-order valence-corrected chi connectivity index (χ3v) is 3.87. The second kappa shape index (κ2) is 10.8. The molecule has 0 N–H and O–H groups in total. The lowest BCUT2D eigenvalue weighted by Gasteiger charge is -2.22. The lowest BCUT2D eigenvalue weighted by atomic mass is 9.89. The Kier molecular flexibility index (Phi) is 9.31. The van der Waals surface area contributed by atoms with E-state index < -0.39 is 0 Å². The molecular formula is C16H27NO3. The van der Waals surface area contributed by atoms with Gasteiger partial charge in [0.1, 0.15) is 6.79 Å². The molecule has 4 heteroatoms. The summed E-state index contributed by atoms with van der Waals surface area (Å²) in [7, 11) is 1.66. The van der Waals surface area contributed by atoms with Crippen molar-refractivity contribution in [2.75, 3.05) is 27.1 Å². The van der Waals surface area contributed by atoms with Crippen molar-refractivity contribution >= 4 is 0 Å². The SMILES string of the molecule is CC/C=C\C[C@@H]1[C@H](CC#N)CC[C@@H]1OCOCCOC. The quantitative estimate of drug-likeness (QED) is 0.350. The van der Waals surface area contributed by atoms with E-state index in [1.807, 2.05) is 0 Å². The highest BCUT2D eigenvalue weighted by atomic mass is 16.7. The van der Waals surface area contributed by atoms with Gasteiger partial charge in [-0.25, -0.2) is 0 Å². The molecule has 0 aromatic carbocycles. The fraction of sp³-hybridized carbons (Fsp3) is 0.812. The van der Waals surface area contributed by atoms with Gasteiger partial charge in [0.25, 0.3) is 0 Å². The third-order valence-electron chi connectivity index (χ3n) is 3.87. The summed E-state index contributed by atoms with van der Waals surface area (Å²) in [5, 5.41) is 8.93. The molecular weight excluding hydrogens is 254 g/mol. The zero-order chi connectivity index (χ0) is 14.6. The van der Waals surface area contributed by atoms with Crippen molar-refractivity contribution in [2.24, 2.45) is 11.8 Å². The number of rotatable bonds is 10. The predicted octanol–water partition coefficient (Wildman–Crippen LogP) is 3.29. The summed E-state index contributed by atoms with van der Waals surface area (Å²) in [6.07, 6.45) is 9.44. The maximum absolute atomic E-state index is 8.93. The van der Waals surface area contributed by atoms with Gasteiger partial charge in [-0.15, -0.1) is 0 Å². The molecule has 0 aliphatic heterocycles. The minimum absolute atomic E-state index is 0.220. The van der Waals surface area contributed by atoms with Crippen molar-refractivity contribution in [1.82, 2.24) is 0 Å². The first kappa shape index (κ1) is 17.2. The molecule has 20 heavy (non-hydrogen) atoms. The van der Waals surface area contributed by atoms with Gasteiger partial charge in [0.15, 0.2) is 0 Å². The fourth-order valence-corrected chi connectivity index (χ4v) is 2.79. The van der Waals surface area contributed by atoms with Crippen LogP contribution in [0.5, 0.6) is 0 Å². The first-order valence-corrected chi connectivity index (χ1v) is 7.53. The van der Waals surface area contributed by atoms with Gasteiger partial charge in [-0.2, -0.15) is 5.26 Å². The van der Waals surface area contributed by atoms with E-state index in [9.17, 15) is 0 Å².